The molecule has 0 aliphatic rings. The molecule has 0 spiro atoms. The number of nitriles is 1. The maximum atomic E-state index is 12.4. The van der Waals surface area contributed by atoms with Crippen LogP contribution >= 0.6 is 0 Å². The molecule has 0 saturated heterocycles. The molecule has 2 aromatic carbocycles. The molecule has 0 saturated carbocycles. The third kappa shape index (κ3) is 4.47. The van der Waals surface area contributed by atoms with Crippen molar-refractivity contribution in [3.05, 3.63) is 65.9 Å². The molecule has 3 rings (SSSR count). The Morgan fingerprint density at radius 1 is 1.13 bits per heavy atom. The topological polar surface area (TPSA) is 110 Å². The van der Waals surface area contributed by atoms with Gasteiger partial charge in [0.2, 0.25) is 0 Å². The number of carbonyl (C=O) groups is 3. The summed E-state index contributed by atoms with van der Waals surface area (Å²) in [6.07, 6.45) is 0.495. The standard InChI is InChI=1S/C22H19N3O5/c1-14(21(27)24-16-9-7-15(11-23)8-10-16)30-20(26)13-25-12-18(22(28)29-2)17-5-3-4-6-19(17)25/h3-10,12,14H,13H2,1-2H3,(H,24,27)/t14-/m0/s1. The van der Waals surface area contributed by atoms with Crippen molar-refractivity contribution in [3.63, 3.8) is 0 Å². The summed E-state index contributed by atoms with van der Waals surface area (Å²) in [7, 11) is 1.29. The van der Waals surface area contributed by atoms with Crippen molar-refractivity contribution >= 4 is 34.4 Å². The molecule has 0 fully saturated rings. The van der Waals surface area contributed by atoms with Gasteiger partial charge in [0.1, 0.15) is 6.54 Å². The van der Waals surface area contributed by atoms with Crippen molar-refractivity contribution in [2.45, 2.75) is 19.6 Å². The number of ether oxygens (including phenoxy) is 2. The van der Waals surface area contributed by atoms with Crippen LogP contribution in [-0.2, 0) is 25.6 Å². The second-order valence-electron chi connectivity index (χ2n) is 6.49. The van der Waals surface area contributed by atoms with Crippen molar-refractivity contribution in [2.24, 2.45) is 0 Å². The van der Waals surface area contributed by atoms with E-state index >= 15 is 0 Å². The van der Waals surface area contributed by atoms with E-state index in [-0.39, 0.29) is 6.54 Å². The van der Waals surface area contributed by atoms with Gasteiger partial charge < -0.3 is 19.4 Å². The van der Waals surface area contributed by atoms with Crippen LogP contribution in [0.3, 0.4) is 0 Å². The lowest BCUT2D eigenvalue weighted by molar-refractivity contribution is -0.153. The first-order chi connectivity index (χ1) is 14.4. The summed E-state index contributed by atoms with van der Waals surface area (Å²) in [5, 5.41) is 12.1. The Kier molecular flexibility index (Phi) is 6.13. The molecule has 1 N–H and O–H groups in total. The zero-order valence-corrected chi connectivity index (χ0v) is 16.4. The molecule has 1 aromatic heterocycles. The van der Waals surface area contributed by atoms with Crippen molar-refractivity contribution in [3.8, 4) is 6.07 Å². The van der Waals surface area contributed by atoms with Crippen LogP contribution in [0.2, 0.25) is 0 Å². The highest BCUT2D eigenvalue weighted by atomic mass is 16.5. The summed E-state index contributed by atoms with van der Waals surface area (Å²) in [4.78, 5) is 36.6. The van der Waals surface area contributed by atoms with Crippen molar-refractivity contribution in [1.82, 2.24) is 4.57 Å². The number of aromatic nitrogens is 1. The van der Waals surface area contributed by atoms with E-state index in [1.807, 2.05) is 6.07 Å². The number of nitrogens with one attached hydrogen (secondary N) is 1. The average molecular weight is 405 g/mol. The zero-order chi connectivity index (χ0) is 21.7. The molecule has 8 nitrogen and oxygen atoms in total. The Morgan fingerprint density at radius 2 is 1.83 bits per heavy atom. The summed E-state index contributed by atoms with van der Waals surface area (Å²) in [5.41, 5.74) is 1.97. The molecule has 1 amide bonds. The number of hydrogen-bond donors (Lipinski definition) is 1. The highest BCUT2D eigenvalue weighted by molar-refractivity contribution is 6.04. The number of para-hydroxylation sites is 1. The van der Waals surface area contributed by atoms with E-state index in [0.29, 0.717) is 27.7 Å². The number of nitrogens with zero attached hydrogens (tertiary/aromatic N) is 2. The fourth-order valence-corrected chi connectivity index (χ4v) is 2.95. The molecule has 30 heavy (non-hydrogen) atoms. The summed E-state index contributed by atoms with van der Waals surface area (Å²) >= 11 is 0. The Morgan fingerprint density at radius 3 is 2.50 bits per heavy atom. The number of carbonyl (C=O) groups excluding carboxylic acids is 3. The monoisotopic (exact) mass is 405 g/mol. The lowest BCUT2D eigenvalue weighted by Gasteiger charge is -2.14. The van der Waals surface area contributed by atoms with Gasteiger partial charge in [0, 0.05) is 22.8 Å². The van der Waals surface area contributed by atoms with Crippen LogP contribution in [0.25, 0.3) is 10.9 Å². The van der Waals surface area contributed by atoms with Crippen LogP contribution in [0.5, 0.6) is 0 Å². The van der Waals surface area contributed by atoms with Crippen molar-refractivity contribution < 1.29 is 23.9 Å². The molecule has 0 radical (unpaired) electrons. The van der Waals surface area contributed by atoms with Crippen LogP contribution < -0.4 is 5.32 Å². The van der Waals surface area contributed by atoms with Gasteiger partial charge in [-0.2, -0.15) is 5.26 Å². The predicted molar refractivity (Wildman–Crippen MR) is 109 cm³/mol. The SMILES string of the molecule is COC(=O)c1cn(CC(=O)O[C@@H](C)C(=O)Nc2ccc(C#N)cc2)c2ccccc12. The molecule has 0 aliphatic carbocycles. The maximum Gasteiger partial charge on any atom is 0.340 e. The highest BCUT2D eigenvalue weighted by Gasteiger charge is 2.21. The molecule has 0 aliphatic heterocycles. The summed E-state index contributed by atoms with van der Waals surface area (Å²) in [6, 6.07) is 15.4. The van der Waals surface area contributed by atoms with E-state index in [9.17, 15) is 14.4 Å². The normalized spacial score (nSPS) is 11.4. The minimum absolute atomic E-state index is 0.175. The number of anilines is 1. The lowest BCUT2D eigenvalue weighted by Crippen LogP contribution is -2.31. The molecule has 1 atom stereocenters. The molecule has 0 unspecified atom stereocenters. The number of hydrogen-bond acceptors (Lipinski definition) is 6. The second kappa shape index (κ2) is 8.92. The molecule has 1 heterocycles. The molecule has 3 aromatic rings. The highest BCUT2D eigenvalue weighted by Crippen LogP contribution is 2.22. The van der Waals surface area contributed by atoms with Gasteiger partial charge in [-0.3, -0.25) is 9.59 Å². The predicted octanol–water partition coefficient (Wildman–Crippen LogP) is 2.87. The average Bonchev–Trinajstić information content (AvgIpc) is 3.12. The zero-order valence-electron chi connectivity index (χ0n) is 16.4. The van der Waals surface area contributed by atoms with Gasteiger partial charge >= 0.3 is 11.9 Å². The maximum absolute atomic E-state index is 12.4. The van der Waals surface area contributed by atoms with Gasteiger partial charge in [0.25, 0.3) is 5.91 Å². The second-order valence-corrected chi connectivity index (χ2v) is 6.49. The Bertz CT molecular complexity index is 1140. The largest absolute Gasteiger partial charge is 0.465 e. The van der Waals surface area contributed by atoms with Gasteiger partial charge in [-0.15, -0.1) is 0 Å². The summed E-state index contributed by atoms with van der Waals surface area (Å²) in [6.45, 7) is 1.29. The molecular weight excluding hydrogens is 386 g/mol. The quantitative estimate of drug-likeness (QED) is 0.632. The van der Waals surface area contributed by atoms with E-state index in [1.165, 1.54) is 20.2 Å². The van der Waals surface area contributed by atoms with Crippen LogP contribution in [-0.4, -0.2) is 35.6 Å². The van der Waals surface area contributed by atoms with E-state index < -0.39 is 23.9 Å². The minimum atomic E-state index is -1.03. The number of amides is 1. The van der Waals surface area contributed by atoms with Crippen LogP contribution in [0, 0.1) is 11.3 Å². The Hall–Kier alpha value is -4.12. The van der Waals surface area contributed by atoms with Crippen LogP contribution in [0.15, 0.2) is 54.7 Å². The van der Waals surface area contributed by atoms with E-state index in [4.69, 9.17) is 14.7 Å². The first-order valence-corrected chi connectivity index (χ1v) is 9.09. The van der Waals surface area contributed by atoms with Gasteiger partial charge in [-0.1, -0.05) is 18.2 Å². The fourth-order valence-electron chi connectivity index (χ4n) is 2.95. The van der Waals surface area contributed by atoms with E-state index in [1.54, 1.807) is 53.1 Å². The summed E-state index contributed by atoms with van der Waals surface area (Å²) < 4.78 is 11.6. The van der Waals surface area contributed by atoms with Crippen LogP contribution in [0.1, 0.15) is 22.8 Å². The third-order valence-corrected chi connectivity index (χ3v) is 4.45. The summed E-state index contributed by atoms with van der Waals surface area (Å²) in [5.74, 6) is -1.64. The number of benzene rings is 2. The first kappa shape index (κ1) is 20.6. The van der Waals surface area contributed by atoms with E-state index in [0.717, 1.165) is 0 Å². The first-order valence-electron chi connectivity index (χ1n) is 9.09. The van der Waals surface area contributed by atoms with Crippen molar-refractivity contribution in [2.75, 3.05) is 12.4 Å². The molecule has 8 heteroatoms. The number of esters is 2. The Balaban J connectivity index is 1.67. The van der Waals surface area contributed by atoms with Gasteiger partial charge in [-0.05, 0) is 37.3 Å². The fraction of sp³-hybridized carbons (Fsp3) is 0.182. The minimum Gasteiger partial charge on any atom is -0.465 e. The smallest absolute Gasteiger partial charge is 0.340 e. The van der Waals surface area contributed by atoms with Crippen molar-refractivity contribution in [1.29, 1.82) is 5.26 Å². The van der Waals surface area contributed by atoms with Gasteiger partial charge in [-0.25, -0.2) is 4.79 Å². The Labute approximate surface area is 172 Å². The van der Waals surface area contributed by atoms with E-state index in [2.05, 4.69) is 5.32 Å². The number of fused-ring (bicyclic) bond motifs is 1. The molecule has 152 valence electrons. The van der Waals surface area contributed by atoms with Gasteiger partial charge in [0.05, 0.1) is 24.3 Å². The molecular formula is C22H19N3O5. The van der Waals surface area contributed by atoms with Crippen LogP contribution in [0.4, 0.5) is 5.69 Å². The number of rotatable bonds is 6. The number of methoxy groups -OCH3 is 1. The third-order valence-electron chi connectivity index (χ3n) is 4.45. The molecule has 0 bridgehead atoms. The lowest BCUT2D eigenvalue weighted by atomic mass is 10.2. The van der Waals surface area contributed by atoms with Gasteiger partial charge in [0.15, 0.2) is 6.10 Å².